The van der Waals surface area contributed by atoms with Crippen LogP contribution in [-0.2, 0) is 9.53 Å². The molecule has 21 heavy (non-hydrogen) atoms. The summed E-state index contributed by atoms with van der Waals surface area (Å²) in [6, 6.07) is 0. The Bertz CT molecular complexity index is 307. The van der Waals surface area contributed by atoms with E-state index in [1.54, 1.807) is 0 Å². The van der Waals surface area contributed by atoms with Gasteiger partial charge in [0.05, 0.1) is 0 Å². The first-order valence-corrected chi connectivity index (χ1v) is 9.13. The summed E-state index contributed by atoms with van der Waals surface area (Å²) in [6.07, 6.45) is 18.1. The quantitative estimate of drug-likeness (QED) is 0.570. The molecule has 1 aliphatic rings. The van der Waals surface area contributed by atoms with Gasteiger partial charge in [-0.1, -0.05) is 71.6 Å². The Morgan fingerprint density at radius 1 is 1.00 bits per heavy atom. The standard InChI is InChI=1S/C19H34O2/c1-3-19(20)21-18-15-13-11-9-7-5-4-6-8-10-12-14-17(2)16-18/h16-17H,3-15H2,1-2H3. The molecule has 1 atom stereocenters. The molecule has 0 saturated carbocycles. The lowest BCUT2D eigenvalue weighted by Gasteiger charge is -2.12. The van der Waals surface area contributed by atoms with Crippen LogP contribution >= 0.6 is 0 Å². The van der Waals surface area contributed by atoms with Gasteiger partial charge in [0.1, 0.15) is 5.76 Å². The molecule has 0 aromatic heterocycles. The molecule has 0 spiro atoms. The van der Waals surface area contributed by atoms with Crippen molar-refractivity contribution in [3.63, 3.8) is 0 Å². The molecule has 1 aliphatic carbocycles. The van der Waals surface area contributed by atoms with Crippen molar-refractivity contribution >= 4 is 5.97 Å². The predicted octanol–water partition coefficient (Wildman–Crippen LogP) is 6.15. The zero-order valence-electron chi connectivity index (χ0n) is 14.2. The maximum absolute atomic E-state index is 11.5. The van der Waals surface area contributed by atoms with E-state index in [0.717, 1.165) is 18.6 Å². The third kappa shape index (κ3) is 9.71. The molecule has 0 saturated heterocycles. The van der Waals surface area contributed by atoms with Crippen molar-refractivity contribution in [3.8, 4) is 0 Å². The van der Waals surface area contributed by atoms with Crippen LogP contribution in [0, 0.1) is 5.92 Å². The zero-order chi connectivity index (χ0) is 15.3. The van der Waals surface area contributed by atoms with E-state index in [0.29, 0.717) is 12.3 Å². The molecular weight excluding hydrogens is 260 g/mol. The van der Waals surface area contributed by atoms with Crippen LogP contribution in [0.25, 0.3) is 0 Å². The molecule has 1 unspecified atom stereocenters. The van der Waals surface area contributed by atoms with Crippen LogP contribution in [-0.4, -0.2) is 5.97 Å². The van der Waals surface area contributed by atoms with Gasteiger partial charge in [-0.3, -0.25) is 4.79 Å². The molecule has 0 aliphatic heterocycles. The molecule has 0 N–H and O–H groups in total. The summed E-state index contributed by atoms with van der Waals surface area (Å²) in [5.74, 6) is 1.35. The fraction of sp³-hybridized carbons (Fsp3) is 0.842. The minimum absolute atomic E-state index is 0.0913. The minimum atomic E-state index is -0.0913. The number of carbonyl (C=O) groups excluding carboxylic acids is 1. The summed E-state index contributed by atoms with van der Waals surface area (Å²) in [7, 11) is 0. The molecule has 0 aromatic carbocycles. The lowest BCUT2D eigenvalue weighted by atomic mass is 10.0. The number of carbonyl (C=O) groups is 1. The fourth-order valence-electron chi connectivity index (χ4n) is 2.97. The molecule has 0 fully saturated rings. The van der Waals surface area contributed by atoms with Crippen molar-refractivity contribution in [1.82, 2.24) is 0 Å². The van der Waals surface area contributed by atoms with Gasteiger partial charge in [-0.25, -0.2) is 0 Å². The summed E-state index contributed by atoms with van der Waals surface area (Å²) >= 11 is 0. The van der Waals surface area contributed by atoms with E-state index in [-0.39, 0.29) is 5.97 Å². The summed E-state index contributed by atoms with van der Waals surface area (Å²) in [6.45, 7) is 4.11. The largest absolute Gasteiger partial charge is 0.431 e. The Hall–Kier alpha value is -0.790. The summed E-state index contributed by atoms with van der Waals surface area (Å²) in [5, 5.41) is 0. The fourth-order valence-corrected chi connectivity index (χ4v) is 2.97. The van der Waals surface area contributed by atoms with E-state index in [2.05, 4.69) is 13.0 Å². The van der Waals surface area contributed by atoms with Crippen molar-refractivity contribution < 1.29 is 9.53 Å². The van der Waals surface area contributed by atoms with Crippen LogP contribution in [0.3, 0.4) is 0 Å². The van der Waals surface area contributed by atoms with Crippen LogP contribution in [0.5, 0.6) is 0 Å². The Kier molecular flexibility index (Phi) is 10.3. The highest BCUT2D eigenvalue weighted by Gasteiger charge is 2.08. The molecule has 2 heteroatoms. The van der Waals surface area contributed by atoms with E-state index < -0.39 is 0 Å². The SMILES string of the molecule is CCC(=O)OC1=CC(C)CCCCCCCCCCCC1. The van der Waals surface area contributed by atoms with Gasteiger partial charge in [-0.2, -0.15) is 0 Å². The van der Waals surface area contributed by atoms with Crippen molar-refractivity contribution in [2.75, 3.05) is 0 Å². The number of esters is 1. The highest BCUT2D eigenvalue weighted by Crippen LogP contribution is 2.20. The monoisotopic (exact) mass is 294 g/mol. The Morgan fingerprint density at radius 3 is 2.10 bits per heavy atom. The highest BCUT2D eigenvalue weighted by molar-refractivity contribution is 5.70. The van der Waals surface area contributed by atoms with Crippen LogP contribution in [0.15, 0.2) is 11.8 Å². The van der Waals surface area contributed by atoms with Gasteiger partial charge in [0.2, 0.25) is 0 Å². The van der Waals surface area contributed by atoms with Gasteiger partial charge >= 0.3 is 5.97 Å². The Labute approximate surface area is 131 Å². The molecule has 122 valence electrons. The predicted molar refractivity (Wildman–Crippen MR) is 89.0 cm³/mol. The first-order chi connectivity index (χ1) is 10.2. The van der Waals surface area contributed by atoms with Gasteiger partial charge in [0.25, 0.3) is 0 Å². The lowest BCUT2D eigenvalue weighted by Crippen LogP contribution is -2.04. The van der Waals surface area contributed by atoms with E-state index in [1.807, 2.05) is 6.92 Å². The number of hydrogen-bond donors (Lipinski definition) is 0. The van der Waals surface area contributed by atoms with Crippen molar-refractivity contribution in [3.05, 3.63) is 11.8 Å². The first kappa shape index (κ1) is 18.3. The highest BCUT2D eigenvalue weighted by atomic mass is 16.5. The van der Waals surface area contributed by atoms with Gasteiger partial charge in [-0.15, -0.1) is 0 Å². The third-order valence-corrected chi connectivity index (χ3v) is 4.34. The average Bonchev–Trinajstić information content (AvgIpc) is 2.47. The van der Waals surface area contributed by atoms with Gasteiger partial charge in [0, 0.05) is 12.8 Å². The second-order valence-corrected chi connectivity index (χ2v) is 6.51. The van der Waals surface area contributed by atoms with Gasteiger partial charge in [0.15, 0.2) is 0 Å². The number of hydrogen-bond acceptors (Lipinski definition) is 2. The molecule has 0 amide bonds. The lowest BCUT2D eigenvalue weighted by molar-refractivity contribution is -0.139. The molecular formula is C19H34O2. The van der Waals surface area contributed by atoms with Crippen molar-refractivity contribution in [2.45, 2.75) is 97.3 Å². The first-order valence-electron chi connectivity index (χ1n) is 9.13. The molecule has 0 heterocycles. The van der Waals surface area contributed by atoms with Crippen LogP contribution in [0.4, 0.5) is 0 Å². The van der Waals surface area contributed by atoms with E-state index >= 15 is 0 Å². The second kappa shape index (κ2) is 11.8. The molecule has 0 aromatic rings. The van der Waals surface area contributed by atoms with E-state index in [4.69, 9.17) is 4.74 Å². The summed E-state index contributed by atoms with van der Waals surface area (Å²) < 4.78 is 5.52. The number of rotatable bonds is 2. The maximum Gasteiger partial charge on any atom is 0.310 e. The van der Waals surface area contributed by atoms with Crippen LogP contribution in [0.1, 0.15) is 97.3 Å². The van der Waals surface area contributed by atoms with E-state index in [9.17, 15) is 4.79 Å². The summed E-state index contributed by atoms with van der Waals surface area (Å²) in [4.78, 5) is 11.5. The van der Waals surface area contributed by atoms with Crippen LogP contribution in [0.2, 0.25) is 0 Å². The normalized spacial score (nSPS) is 23.5. The Morgan fingerprint density at radius 2 is 1.52 bits per heavy atom. The number of ether oxygens (including phenoxy) is 1. The number of allylic oxidation sites excluding steroid dienone is 2. The Balaban J connectivity index is 2.52. The maximum atomic E-state index is 11.5. The molecule has 0 radical (unpaired) electrons. The minimum Gasteiger partial charge on any atom is -0.431 e. The third-order valence-electron chi connectivity index (χ3n) is 4.34. The molecule has 2 nitrogen and oxygen atoms in total. The van der Waals surface area contributed by atoms with E-state index in [1.165, 1.54) is 64.2 Å². The van der Waals surface area contributed by atoms with Crippen molar-refractivity contribution in [1.29, 1.82) is 0 Å². The van der Waals surface area contributed by atoms with Crippen molar-refractivity contribution in [2.24, 2.45) is 5.92 Å². The van der Waals surface area contributed by atoms with Gasteiger partial charge < -0.3 is 4.74 Å². The zero-order valence-corrected chi connectivity index (χ0v) is 14.2. The average molecular weight is 294 g/mol. The molecule has 1 rings (SSSR count). The topological polar surface area (TPSA) is 26.3 Å². The van der Waals surface area contributed by atoms with Gasteiger partial charge in [-0.05, 0) is 24.8 Å². The molecule has 0 bridgehead atoms. The second-order valence-electron chi connectivity index (χ2n) is 6.51. The summed E-state index contributed by atoms with van der Waals surface area (Å²) in [5.41, 5.74) is 0. The van der Waals surface area contributed by atoms with Crippen LogP contribution < -0.4 is 0 Å². The smallest absolute Gasteiger partial charge is 0.310 e.